The van der Waals surface area contributed by atoms with Crippen molar-refractivity contribution in [3.05, 3.63) is 40.9 Å². The van der Waals surface area contributed by atoms with Gasteiger partial charge in [-0.1, -0.05) is 35.3 Å². The molecule has 5 heteroatoms. The normalized spacial score (nSPS) is 14.4. The molecule has 0 atom stereocenters. The van der Waals surface area contributed by atoms with Gasteiger partial charge in [0.15, 0.2) is 5.96 Å². The fraction of sp³-hybridized carbons (Fsp3) is 0.357. The summed E-state index contributed by atoms with van der Waals surface area (Å²) >= 11 is 12.3. The molecule has 2 rings (SSSR count). The SMILES string of the molecule is C=CCCCN1CCN=C1Nc1c(Cl)cccc1Cl. The van der Waals surface area contributed by atoms with Crippen LogP contribution in [0.2, 0.25) is 10.0 Å². The van der Waals surface area contributed by atoms with Gasteiger partial charge in [0.2, 0.25) is 0 Å². The van der Waals surface area contributed by atoms with Crippen LogP contribution in [-0.2, 0) is 0 Å². The second kappa shape index (κ2) is 6.83. The van der Waals surface area contributed by atoms with Crippen molar-refractivity contribution in [1.29, 1.82) is 0 Å². The molecule has 3 nitrogen and oxygen atoms in total. The fourth-order valence-corrected chi connectivity index (χ4v) is 2.47. The maximum absolute atomic E-state index is 6.15. The lowest BCUT2D eigenvalue weighted by molar-refractivity contribution is 0.447. The zero-order chi connectivity index (χ0) is 13.7. The van der Waals surface area contributed by atoms with Crippen molar-refractivity contribution in [1.82, 2.24) is 4.90 Å². The van der Waals surface area contributed by atoms with E-state index in [1.165, 1.54) is 0 Å². The highest BCUT2D eigenvalue weighted by Crippen LogP contribution is 2.30. The Hall–Kier alpha value is -1.19. The maximum Gasteiger partial charge on any atom is 0.198 e. The summed E-state index contributed by atoms with van der Waals surface area (Å²) in [6.45, 7) is 6.43. The Balaban J connectivity index is 2.03. The predicted octanol–water partition coefficient (Wildman–Crippen LogP) is 4.04. The summed E-state index contributed by atoms with van der Waals surface area (Å²) in [5, 5.41) is 4.45. The second-order valence-electron chi connectivity index (χ2n) is 4.34. The number of rotatable bonds is 5. The number of unbranched alkanes of at least 4 members (excludes halogenated alkanes) is 1. The lowest BCUT2D eigenvalue weighted by Crippen LogP contribution is -2.34. The molecule has 0 aromatic heterocycles. The molecule has 1 aliphatic rings. The Bertz CT molecular complexity index is 465. The number of hydrogen-bond donors (Lipinski definition) is 1. The van der Waals surface area contributed by atoms with Gasteiger partial charge >= 0.3 is 0 Å². The van der Waals surface area contributed by atoms with Crippen LogP contribution < -0.4 is 5.32 Å². The van der Waals surface area contributed by atoms with E-state index in [9.17, 15) is 0 Å². The summed E-state index contributed by atoms with van der Waals surface area (Å²) < 4.78 is 0. The molecule has 0 radical (unpaired) electrons. The van der Waals surface area contributed by atoms with E-state index in [1.807, 2.05) is 24.3 Å². The Morgan fingerprint density at radius 2 is 2.11 bits per heavy atom. The summed E-state index contributed by atoms with van der Waals surface area (Å²) in [6.07, 6.45) is 4.02. The first-order chi connectivity index (χ1) is 9.22. The van der Waals surface area contributed by atoms with Crippen LogP contribution >= 0.6 is 23.2 Å². The highest BCUT2D eigenvalue weighted by Gasteiger charge is 2.18. The molecule has 0 saturated carbocycles. The molecular weight excluding hydrogens is 281 g/mol. The van der Waals surface area contributed by atoms with Gasteiger partial charge in [0, 0.05) is 13.1 Å². The van der Waals surface area contributed by atoms with Gasteiger partial charge in [0.1, 0.15) is 0 Å². The number of para-hydroxylation sites is 1. The van der Waals surface area contributed by atoms with Crippen LogP contribution in [0.15, 0.2) is 35.8 Å². The summed E-state index contributed by atoms with van der Waals surface area (Å²) in [5.74, 6) is 0.846. The van der Waals surface area contributed by atoms with Gasteiger partial charge in [0.05, 0.1) is 22.3 Å². The number of hydrogen-bond acceptors (Lipinski definition) is 3. The molecule has 1 aromatic rings. The minimum atomic E-state index is 0.605. The van der Waals surface area contributed by atoms with Crippen LogP contribution in [0.4, 0.5) is 5.69 Å². The largest absolute Gasteiger partial charge is 0.341 e. The van der Waals surface area contributed by atoms with E-state index >= 15 is 0 Å². The maximum atomic E-state index is 6.15. The Morgan fingerprint density at radius 3 is 2.79 bits per heavy atom. The standard InChI is InChI=1S/C14H17Cl2N3/c1-2-3-4-9-19-10-8-17-14(19)18-13-11(15)6-5-7-12(13)16/h2,5-7H,1,3-4,8-10H2,(H,17,18). The molecule has 0 spiro atoms. The molecule has 1 N–H and O–H groups in total. The fourth-order valence-electron chi connectivity index (χ4n) is 1.97. The van der Waals surface area contributed by atoms with Crippen LogP contribution in [0, 0.1) is 0 Å². The third-order valence-corrected chi connectivity index (χ3v) is 3.60. The number of allylic oxidation sites excluding steroid dienone is 1. The number of halogens is 2. The summed E-state index contributed by atoms with van der Waals surface area (Å²) in [7, 11) is 0. The first-order valence-electron chi connectivity index (χ1n) is 6.33. The number of aliphatic imine (C=N–C) groups is 1. The molecule has 0 bridgehead atoms. The lowest BCUT2D eigenvalue weighted by Gasteiger charge is -2.21. The van der Waals surface area contributed by atoms with Crippen LogP contribution in [0.25, 0.3) is 0 Å². The van der Waals surface area contributed by atoms with Crippen molar-refractivity contribution >= 4 is 34.8 Å². The van der Waals surface area contributed by atoms with Crippen molar-refractivity contribution in [2.24, 2.45) is 4.99 Å². The molecule has 0 saturated heterocycles. The number of anilines is 1. The van der Waals surface area contributed by atoms with Crippen LogP contribution in [-0.4, -0.2) is 30.5 Å². The Morgan fingerprint density at radius 1 is 1.37 bits per heavy atom. The molecular formula is C14H17Cl2N3. The van der Waals surface area contributed by atoms with Crippen molar-refractivity contribution < 1.29 is 0 Å². The number of nitrogens with one attached hydrogen (secondary N) is 1. The van der Waals surface area contributed by atoms with Gasteiger partial charge in [-0.15, -0.1) is 6.58 Å². The van der Waals surface area contributed by atoms with E-state index in [0.29, 0.717) is 10.0 Å². The quantitative estimate of drug-likeness (QED) is 0.656. The van der Waals surface area contributed by atoms with Crippen molar-refractivity contribution in [3.63, 3.8) is 0 Å². The van der Waals surface area contributed by atoms with E-state index in [4.69, 9.17) is 23.2 Å². The van der Waals surface area contributed by atoms with E-state index < -0.39 is 0 Å². The third kappa shape index (κ3) is 3.64. The summed E-state index contributed by atoms with van der Waals surface area (Å²) in [6, 6.07) is 5.45. The average Bonchev–Trinajstić information content (AvgIpc) is 2.82. The van der Waals surface area contributed by atoms with Crippen LogP contribution in [0.5, 0.6) is 0 Å². The zero-order valence-corrected chi connectivity index (χ0v) is 12.2. The highest BCUT2D eigenvalue weighted by atomic mass is 35.5. The molecule has 1 aromatic carbocycles. The Kier molecular flexibility index (Phi) is 5.11. The van der Waals surface area contributed by atoms with Gasteiger partial charge in [-0.05, 0) is 25.0 Å². The van der Waals surface area contributed by atoms with E-state index in [0.717, 1.165) is 44.1 Å². The second-order valence-corrected chi connectivity index (χ2v) is 5.16. The van der Waals surface area contributed by atoms with Crippen LogP contribution in [0.3, 0.4) is 0 Å². The highest BCUT2D eigenvalue weighted by molar-refractivity contribution is 6.39. The number of guanidine groups is 1. The first kappa shape index (κ1) is 14.2. The lowest BCUT2D eigenvalue weighted by atomic mass is 10.3. The van der Waals surface area contributed by atoms with E-state index in [-0.39, 0.29) is 0 Å². The topological polar surface area (TPSA) is 27.6 Å². The molecule has 1 aliphatic heterocycles. The number of benzene rings is 1. The van der Waals surface area contributed by atoms with Crippen molar-refractivity contribution in [2.45, 2.75) is 12.8 Å². The molecule has 102 valence electrons. The molecule has 0 aliphatic carbocycles. The Labute approximate surface area is 123 Å². The summed E-state index contributed by atoms with van der Waals surface area (Å²) in [4.78, 5) is 6.67. The average molecular weight is 298 g/mol. The number of nitrogens with zero attached hydrogens (tertiary/aromatic N) is 2. The molecule has 1 heterocycles. The van der Waals surface area contributed by atoms with Crippen molar-refractivity contribution in [3.8, 4) is 0 Å². The zero-order valence-electron chi connectivity index (χ0n) is 10.7. The van der Waals surface area contributed by atoms with Crippen LogP contribution in [0.1, 0.15) is 12.8 Å². The molecule has 0 unspecified atom stereocenters. The summed E-state index contributed by atoms with van der Waals surface area (Å²) in [5.41, 5.74) is 0.722. The smallest absolute Gasteiger partial charge is 0.198 e. The van der Waals surface area contributed by atoms with Crippen molar-refractivity contribution in [2.75, 3.05) is 25.0 Å². The monoisotopic (exact) mass is 297 g/mol. The molecule has 0 amide bonds. The minimum Gasteiger partial charge on any atom is -0.341 e. The minimum absolute atomic E-state index is 0.605. The third-order valence-electron chi connectivity index (χ3n) is 2.97. The van der Waals surface area contributed by atoms with Gasteiger partial charge in [-0.2, -0.15) is 0 Å². The molecule has 19 heavy (non-hydrogen) atoms. The first-order valence-corrected chi connectivity index (χ1v) is 7.09. The van der Waals surface area contributed by atoms with E-state index in [2.05, 4.69) is 21.8 Å². The predicted molar refractivity (Wildman–Crippen MR) is 83.4 cm³/mol. The van der Waals surface area contributed by atoms with Gasteiger partial charge in [0.25, 0.3) is 0 Å². The van der Waals surface area contributed by atoms with Gasteiger partial charge in [-0.3, -0.25) is 4.99 Å². The van der Waals surface area contributed by atoms with E-state index in [1.54, 1.807) is 0 Å². The van der Waals surface area contributed by atoms with Gasteiger partial charge in [-0.25, -0.2) is 0 Å². The molecule has 0 fully saturated rings. The van der Waals surface area contributed by atoms with Gasteiger partial charge < -0.3 is 10.2 Å².